The van der Waals surface area contributed by atoms with Crippen LogP contribution < -0.4 is 10.2 Å². The number of ketones is 2. The summed E-state index contributed by atoms with van der Waals surface area (Å²) < 4.78 is 0. The van der Waals surface area contributed by atoms with Gasteiger partial charge >= 0.3 is 0 Å². The molecule has 1 heterocycles. The number of rotatable bonds is 8. The number of Topliss-reactive ketones (excluding diaryl/α,β-unsaturated/α-hetero) is 2. The first-order valence-electron chi connectivity index (χ1n) is 8.74. The summed E-state index contributed by atoms with van der Waals surface area (Å²) in [6.45, 7) is 8.59. The van der Waals surface area contributed by atoms with E-state index in [1.165, 1.54) is 13.8 Å². The molecule has 0 fully saturated rings. The Morgan fingerprint density at radius 3 is 2.21 bits per heavy atom. The highest BCUT2D eigenvalue weighted by atomic mass is 32.2. The lowest BCUT2D eigenvalue weighted by Gasteiger charge is -2.15. The van der Waals surface area contributed by atoms with Gasteiger partial charge < -0.3 is 10.2 Å². The Labute approximate surface area is 170 Å². The molecular formula is C20H27N5O2S. The Morgan fingerprint density at radius 2 is 1.71 bits per heavy atom. The zero-order chi connectivity index (χ0) is 21.1. The maximum Gasteiger partial charge on any atom is 0.230 e. The molecule has 28 heavy (non-hydrogen) atoms. The Hall–Kier alpha value is -2.74. The number of allylic oxidation sites excluding steroid dienone is 1. The average molecular weight is 402 g/mol. The first-order valence-corrected chi connectivity index (χ1v) is 9.62. The predicted molar refractivity (Wildman–Crippen MR) is 115 cm³/mol. The third-order valence-electron chi connectivity index (χ3n) is 3.26. The van der Waals surface area contributed by atoms with Crippen LogP contribution in [0, 0.1) is 0 Å². The molecule has 0 aliphatic heterocycles. The molecule has 150 valence electrons. The summed E-state index contributed by atoms with van der Waals surface area (Å²) in [5.41, 5.74) is 1.09. The molecule has 0 amide bonds. The van der Waals surface area contributed by atoms with Crippen molar-refractivity contribution >= 4 is 35.2 Å². The molecule has 0 atom stereocenters. The average Bonchev–Trinajstić information content (AvgIpc) is 2.65. The van der Waals surface area contributed by atoms with E-state index >= 15 is 0 Å². The molecule has 0 radical (unpaired) electrons. The van der Waals surface area contributed by atoms with Crippen molar-refractivity contribution in [2.24, 2.45) is 0 Å². The molecule has 0 bridgehead atoms. The molecule has 1 aromatic carbocycles. The highest BCUT2D eigenvalue weighted by Gasteiger charge is 2.23. The summed E-state index contributed by atoms with van der Waals surface area (Å²) in [4.78, 5) is 38.1. The van der Waals surface area contributed by atoms with Crippen LogP contribution in [0.4, 0.5) is 11.9 Å². The number of carbonyl (C=O) groups excluding carboxylic acids is 2. The van der Waals surface area contributed by atoms with Crippen LogP contribution in [0.3, 0.4) is 0 Å². The quantitative estimate of drug-likeness (QED) is 0.409. The van der Waals surface area contributed by atoms with Crippen LogP contribution in [-0.4, -0.2) is 45.9 Å². The van der Waals surface area contributed by atoms with Crippen molar-refractivity contribution in [1.29, 1.82) is 0 Å². The second kappa shape index (κ2) is 11.9. The fourth-order valence-corrected chi connectivity index (χ4v) is 2.83. The second-order valence-electron chi connectivity index (χ2n) is 6.10. The van der Waals surface area contributed by atoms with Gasteiger partial charge in [-0.2, -0.15) is 15.0 Å². The number of hydrogen-bond donors (Lipinski definition) is 1. The standard InChI is InChI=1S/C17H21N5O2S.C3H6/c1-11(23)14(12(2)24)25-17-20-15(19-16(21-17)22(3)4)18-10-13-8-6-5-7-9-13;1-3-2/h5-9,14H,10H2,1-4H3,(H,18,19,20,21);3H,1H2,2H3. The second-order valence-corrected chi connectivity index (χ2v) is 7.17. The number of carbonyl (C=O) groups is 2. The smallest absolute Gasteiger partial charge is 0.230 e. The summed E-state index contributed by atoms with van der Waals surface area (Å²) in [5, 5.41) is 2.69. The number of hydrogen-bond acceptors (Lipinski definition) is 8. The van der Waals surface area contributed by atoms with E-state index in [-0.39, 0.29) is 11.6 Å². The van der Waals surface area contributed by atoms with Gasteiger partial charge in [0.2, 0.25) is 11.9 Å². The largest absolute Gasteiger partial charge is 0.350 e. The lowest BCUT2D eigenvalue weighted by Crippen LogP contribution is -2.23. The van der Waals surface area contributed by atoms with E-state index < -0.39 is 5.25 Å². The van der Waals surface area contributed by atoms with Crippen molar-refractivity contribution in [3.8, 4) is 0 Å². The van der Waals surface area contributed by atoms with Gasteiger partial charge in [0.05, 0.1) is 0 Å². The molecule has 2 rings (SSSR count). The zero-order valence-electron chi connectivity index (χ0n) is 17.0. The molecule has 0 aliphatic rings. The molecule has 1 N–H and O–H groups in total. The Balaban J connectivity index is 0.00000122. The molecule has 0 spiro atoms. The van der Waals surface area contributed by atoms with Crippen molar-refractivity contribution < 1.29 is 9.59 Å². The highest BCUT2D eigenvalue weighted by Crippen LogP contribution is 2.24. The Kier molecular flexibility index (Phi) is 9.87. The number of nitrogens with one attached hydrogen (secondary N) is 1. The Bertz CT molecular complexity index is 782. The minimum atomic E-state index is -0.806. The van der Waals surface area contributed by atoms with Gasteiger partial charge in [0, 0.05) is 20.6 Å². The first-order chi connectivity index (χ1) is 13.3. The van der Waals surface area contributed by atoms with Crippen LogP contribution in [0.25, 0.3) is 0 Å². The molecule has 0 aliphatic carbocycles. The van der Waals surface area contributed by atoms with Crippen LogP contribution in [0.5, 0.6) is 0 Å². The van der Waals surface area contributed by atoms with Crippen molar-refractivity contribution in [2.75, 3.05) is 24.3 Å². The molecule has 2 aromatic rings. The fourth-order valence-electron chi connectivity index (χ4n) is 2.01. The molecular weight excluding hydrogens is 374 g/mol. The van der Waals surface area contributed by atoms with Gasteiger partial charge in [-0.1, -0.05) is 48.2 Å². The minimum Gasteiger partial charge on any atom is -0.350 e. The van der Waals surface area contributed by atoms with Gasteiger partial charge in [0.25, 0.3) is 0 Å². The lowest BCUT2D eigenvalue weighted by atomic mass is 10.2. The van der Waals surface area contributed by atoms with Crippen LogP contribution >= 0.6 is 11.8 Å². The topological polar surface area (TPSA) is 88.1 Å². The van der Waals surface area contributed by atoms with E-state index in [2.05, 4.69) is 26.8 Å². The number of nitrogens with zero attached hydrogens (tertiary/aromatic N) is 4. The summed E-state index contributed by atoms with van der Waals surface area (Å²) in [6.07, 6.45) is 1.75. The number of benzene rings is 1. The summed E-state index contributed by atoms with van der Waals surface area (Å²) in [6, 6.07) is 9.87. The van der Waals surface area contributed by atoms with E-state index in [1.54, 1.807) is 11.0 Å². The van der Waals surface area contributed by atoms with Gasteiger partial charge in [-0.25, -0.2) is 0 Å². The summed E-state index contributed by atoms with van der Waals surface area (Å²) in [5.74, 6) is 0.418. The summed E-state index contributed by atoms with van der Waals surface area (Å²) in [7, 11) is 3.64. The molecule has 0 saturated carbocycles. The SMILES string of the molecule is C=CC.CC(=O)C(Sc1nc(NCc2ccccc2)nc(N(C)C)n1)C(C)=O. The van der Waals surface area contributed by atoms with E-state index in [1.807, 2.05) is 51.4 Å². The number of thioether (sulfide) groups is 1. The normalized spacial score (nSPS) is 9.93. The molecule has 7 nitrogen and oxygen atoms in total. The molecule has 0 saturated heterocycles. The van der Waals surface area contributed by atoms with Crippen molar-refractivity contribution in [2.45, 2.75) is 37.7 Å². The van der Waals surface area contributed by atoms with Gasteiger partial charge in [0.1, 0.15) is 5.25 Å². The number of anilines is 2. The monoisotopic (exact) mass is 401 g/mol. The number of aromatic nitrogens is 3. The van der Waals surface area contributed by atoms with Crippen molar-refractivity contribution in [1.82, 2.24) is 15.0 Å². The fraction of sp³-hybridized carbons (Fsp3) is 0.350. The van der Waals surface area contributed by atoms with Gasteiger partial charge in [-0.05, 0) is 26.3 Å². The van der Waals surface area contributed by atoms with Crippen LogP contribution in [0.2, 0.25) is 0 Å². The van der Waals surface area contributed by atoms with Crippen LogP contribution in [0.1, 0.15) is 26.3 Å². The van der Waals surface area contributed by atoms with E-state index in [9.17, 15) is 9.59 Å². The van der Waals surface area contributed by atoms with Gasteiger partial charge in [-0.15, -0.1) is 6.58 Å². The zero-order valence-corrected chi connectivity index (χ0v) is 17.8. The van der Waals surface area contributed by atoms with E-state index in [0.29, 0.717) is 23.6 Å². The van der Waals surface area contributed by atoms with Gasteiger partial charge in [-0.3, -0.25) is 9.59 Å². The van der Waals surface area contributed by atoms with Crippen molar-refractivity contribution in [3.05, 3.63) is 48.6 Å². The third kappa shape index (κ3) is 7.87. The van der Waals surface area contributed by atoms with Crippen molar-refractivity contribution in [3.63, 3.8) is 0 Å². The van der Waals surface area contributed by atoms with Gasteiger partial charge in [0.15, 0.2) is 16.7 Å². The first kappa shape index (κ1) is 23.3. The predicted octanol–water partition coefficient (Wildman–Crippen LogP) is 3.38. The Morgan fingerprint density at radius 1 is 1.14 bits per heavy atom. The molecule has 0 unspecified atom stereocenters. The lowest BCUT2D eigenvalue weighted by molar-refractivity contribution is -0.123. The van der Waals surface area contributed by atoms with E-state index in [0.717, 1.165) is 17.3 Å². The van der Waals surface area contributed by atoms with E-state index in [4.69, 9.17) is 0 Å². The maximum atomic E-state index is 11.7. The maximum absolute atomic E-state index is 11.7. The summed E-state index contributed by atoms with van der Waals surface area (Å²) >= 11 is 1.04. The molecule has 8 heteroatoms. The highest BCUT2D eigenvalue weighted by molar-refractivity contribution is 8.01. The van der Waals surface area contributed by atoms with Crippen LogP contribution in [0.15, 0.2) is 48.1 Å². The molecule has 1 aromatic heterocycles. The third-order valence-corrected chi connectivity index (χ3v) is 4.55. The minimum absolute atomic E-state index is 0.219. The van der Waals surface area contributed by atoms with Crippen LogP contribution in [-0.2, 0) is 16.1 Å².